The van der Waals surface area contributed by atoms with Crippen LogP contribution < -0.4 is 10.6 Å². The fraction of sp³-hybridized carbons (Fsp3) is 0.533. The van der Waals surface area contributed by atoms with Crippen molar-refractivity contribution in [3.05, 3.63) is 28.2 Å². The number of nitrogens with zero attached hydrogens (tertiary/aromatic N) is 2. The first-order valence-electron chi connectivity index (χ1n) is 7.08. The maximum Gasteiger partial charge on any atom is 0.124 e. The normalized spacial score (nSPS) is 16.7. The van der Waals surface area contributed by atoms with Crippen molar-refractivity contribution in [1.29, 1.82) is 5.41 Å². The smallest absolute Gasteiger partial charge is 0.124 e. The molecule has 1 aliphatic heterocycles. The number of halogens is 1. The molecule has 110 valence electrons. The van der Waals surface area contributed by atoms with E-state index in [1.807, 2.05) is 12.1 Å². The molecule has 3 N–H and O–H groups in total. The number of rotatable bonds is 4. The zero-order valence-electron chi connectivity index (χ0n) is 12.2. The van der Waals surface area contributed by atoms with E-state index in [-0.39, 0.29) is 5.84 Å². The van der Waals surface area contributed by atoms with E-state index < -0.39 is 0 Å². The van der Waals surface area contributed by atoms with Crippen molar-refractivity contribution in [1.82, 2.24) is 4.90 Å². The lowest BCUT2D eigenvalue weighted by molar-refractivity contribution is 0.231. The van der Waals surface area contributed by atoms with Crippen LogP contribution >= 0.6 is 15.9 Å². The van der Waals surface area contributed by atoms with Gasteiger partial charge in [-0.05, 0) is 24.1 Å². The van der Waals surface area contributed by atoms with Gasteiger partial charge in [-0.3, -0.25) is 10.3 Å². The number of nitrogens with two attached hydrogens (primary N) is 1. The summed E-state index contributed by atoms with van der Waals surface area (Å²) in [6.07, 6.45) is 0. The van der Waals surface area contributed by atoms with Gasteiger partial charge in [0.15, 0.2) is 0 Å². The van der Waals surface area contributed by atoms with Crippen molar-refractivity contribution >= 4 is 27.5 Å². The molecule has 0 saturated carbocycles. The summed E-state index contributed by atoms with van der Waals surface area (Å²) in [4.78, 5) is 4.84. The molecule has 0 aliphatic carbocycles. The molecule has 0 spiro atoms. The highest BCUT2D eigenvalue weighted by Gasteiger charge is 2.20. The number of hydrogen-bond donors (Lipinski definition) is 2. The summed E-state index contributed by atoms with van der Waals surface area (Å²) < 4.78 is 1.03. The molecule has 0 radical (unpaired) electrons. The van der Waals surface area contributed by atoms with Gasteiger partial charge in [0.1, 0.15) is 5.84 Å². The van der Waals surface area contributed by atoms with E-state index in [0.717, 1.165) is 48.4 Å². The first kappa shape index (κ1) is 15.3. The molecule has 1 saturated heterocycles. The van der Waals surface area contributed by atoms with Crippen LogP contribution in [-0.2, 0) is 0 Å². The first-order valence-corrected chi connectivity index (χ1v) is 7.88. The van der Waals surface area contributed by atoms with Gasteiger partial charge in [0, 0.05) is 48.4 Å². The van der Waals surface area contributed by atoms with Crippen LogP contribution in [0, 0.1) is 11.3 Å². The predicted molar refractivity (Wildman–Crippen MR) is 88.6 cm³/mol. The van der Waals surface area contributed by atoms with E-state index in [9.17, 15) is 0 Å². The number of amidine groups is 1. The maximum atomic E-state index is 7.72. The van der Waals surface area contributed by atoms with Gasteiger partial charge in [0.05, 0.1) is 0 Å². The van der Waals surface area contributed by atoms with Crippen LogP contribution in [0.4, 0.5) is 5.69 Å². The van der Waals surface area contributed by atoms with E-state index in [1.165, 1.54) is 0 Å². The Bertz CT molecular complexity index is 479. The van der Waals surface area contributed by atoms with E-state index in [4.69, 9.17) is 11.1 Å². The van der Waals surface area contributed by atoms with Gasteiger partial charge < -0.3 is 10.6 Å². The van der Waals surface area contributed by atoms with Gasteiger partial charge in [-0.25, -0.2) is 0 Å². The molecule has 0 atom stereocenters. The summed E-state index contributed by atoms with van der Waals surface area (Å²) in [5.41, 5.74) is 7.59. The monoisotopic (exact) mass is 338 g/mol. The number of anilines is 1. The minimum Gasteiger partial charge on any atom is -0.384 e. The zero-order valence-corrected chi connectivity index (χ0v) is 13.8. The van der Waals surface area contributed by atoms with Gasteiger partial charge in [0.2, 0.25) is 0 Å². The summed E-state index contributed by atoms with van der Waals surface area (Å²) >= 11 is 3.51. The Morgan fingerprint density at radius 2 is 1.95 bits per heavy atom. The topological polar surface area (TPSA) is 56.4 Å². The van der Waals surface area contributed by atoms with Crippen LogP contribution in [0.25, 0.3) is 0 Å². The third kappa shape index (κ3) is 3.73. The third-order valence-electron chi connectivity index (χ3n) is 3.59. The van der Waals surface area contributed by atoms with E-state index in [0.29, 0.717) is 5.92 Å². The summed E-state index contributed by atoms with van der Waals surface area (Å²) in [6.45, 7) is 9.80. The lowest BCUT2D eigenvalue weighted by Gasteiger charge is -2.37. The van der Waals surface area contributed by atoms with Crippen molar-refractivity contribution in [3.63, 3.8) is 0 Å². The second-order valence-electron chi connectivity index (χ2n) is 5.76. The standard InChI is InChI=1S/C15H23BrN4/c1-11(2)10-19-5-7-20(8-6-19)14-9-12(16)3-4-13(14)15(17)18/h3-4,9,11H,5-8,10H2,1-2H3,(H3,17,18). The van der Waals surface area contributed by atoms with Crippen molar-refractivity contribution in [2.24, 2.45) is 11.7 Å². The molecule has 0 bridgehead atoms. The van der Waals surface area contributed by atoms with Gasteiger partial charge in [-0.1, -0.05) is 29.8 Å². The average Bonchev–Trinajstić information content (AvgIpc) is 2.38. The first-order chi connectivity index (χ1) is 9.47. The van der Waals surface area contributed by atoms with Crippen LogP contribution in [-0.4, -0.2) is 43.5 Å². The summed E-state index contributed by atoms with van der Waals surface area (Å²) in [7, 11) is 0. The Morgan fingerprint density at radius 3 is 2.50 bits per heavy atom. The predicted octanol–water partition coefficient (Wildman–Crippen LogP) is 2.51. The Balaban J connectivity index is 2.10. The molecule has 1 heterocycles. The highest BCUT2D eigenvalue weighted by molar-refractivity contribution is 9.10. The van der Waals surface area contributed by atoms with Crippen molar-refractivity contribution < 1.29 is 0 Å². The molecule has 20 heavy (non-hydrogen) atoms. The Morgan fingerprint density at radius 1 is 1.30 bits per heavy atom. The van der Waals surface area contributed by atoms with Gasteiger partial charge in [-0.2, -0.15) is 0 Å². The van der Waals surface area contributed by atoms with E-state index in [1.54, 1.807) is 0 Å². The molecule has 0 aromatic heterocycles. The maximum absolute atomic E-state index is 7.72. The molecule has 1 aromatic carbocycles. The Labute approximate surface area is 129 Å². The van der Waals surface area contributed by atoms with Crippen molar-refractivity contribution in [3.8, 4) is 0 Å². The van der Waals surface area contributed by atoms with Crippen molar-refractivity contribution in [2.75, 3.05) is 37.6 Å². The quantitative estimate of drug-likeness (QED) is 0.655. The second-order valence-corrected chi connectivity index (χ2v) is 6.67. The molecule has 1 aliphatic rings. The van der Waals surface area contributed by atoms with Crippen LogP contribution in [0.5, 0.6) is 0 Å². The lowest BCUT2D eigenvalue weighted by atomic mass is 10.1. The minimum absolute atomic E-state index is 0.136. The molecule has 0 unspecified atom stereocenters. The van der Waals surface area contributed by atoms with Gasteiger partial charge >= 0.3 is 0 Å². The summed E-state index contributed by atoms with van der Waals surface area (Å²) in [5, 5.41) is 7.72. The van der Waals surface area contributed by atoms with E-state index in [2.05, 4.69) is 45.6 Å². The zero-order chi connectivity index (χ0) is 14.7. The van der Waals surface area contributed by atoms with Crippen LogP contribution in [0.15, 0.2) is 22.7 Å². The number of nitrogens with one attached hydrogen (secondary N) is 1. The Kier molecular flexibility index (Phi) is 5.05. The Hall–Kier alpha value is -1.07. The molecule has 4 nitrogen and oxygen atoms in total. The minimum atomic E-state index is 0.136. The number of benzene rings is 1. The fourth-order valence-corrected chi connectivity index (χ4v) is 3.03. The number of nitrogen functional groups attached to an aromatic ring is 1. The van der Waals surface area contributed by atoms with Crippen LogP contribution in [0.3, 0.4) is 0 Å². The molecule has 1 fully saturated rings. The van der Waals surface area contributed by atoms with Gasteiger partial charge in [-0.15, -0.1) is 0 Å². The molecular formula is C15H23BrN4. The fourth-order valence-electron chi connectivity index (χ4n) is 2.68. The lowest BCUT2D eigenvalue weighted by Crippen LogP contribution is -2.47. The second kappa shape index (κ2) is 6.59. The highest BCUT2D eigenvalue weighted by atomic mass is 79.9. The number of piperazine rings is 1. The van der Waals surface area contributed by atoms with E-state index >= 15 is 0 Å². The molecule has 5 heteroatoms. The SMILES string of the molecule is CC(C)CN1CCN(c2cc(Br)ccc2C(=N)N)CC1. The van der Waals surface area contributed by atoms with Crippen LogP contribution in [0.2, 0.25) is 0 Å². The molecule has 2 rings (SSSR count). The average molecular weight is 339 g/mol. The van der Waals surface area contributed by atoms with Crippen LogP contribution in [0.1, 0.15) is 19.4 Å². The molecular weight excluding hydrogens is 316 g/mol. The van der Waals surface area contributed by atoms with Crippen molar-refractivity contribution in [2.45, 2.75) is 13.8 Å². The highest BCUT2D eigenvalue weighted by Crippen LogP contribution is 2.26. The number of hydrogen-bond acceptors (Lipinski definition) is 3. The molecule has 1 aromatic rings. The largest absolute Gasteiger partial charge is 0.384 e. The third-order valence-corrected chi connectivity index (χ3v) is 4.08. The van der Waals surface area contributed by atoms with Gasteiger partial charge in [0.25, 0.3) is 0 Å². The molecule has 0 amide bonds. The summed E-state index contributed by atoms with van der Waals surface area (Å²) in [5.74, 6) is 0.845. The summed E-state index contributed by atoms with van der Waals surface area (Å²) in [6, 6.07) is 5.92.